The second-order valence-corrected chi connectivity index (χ2v) is 24.3. The number of rotatable bonds is 12. The van der Waals surface area contributed by atoms with Crippen LogP contribution in [0.25, 0.3) is 50.1 Å². The van der Waals surface area contributed by atoms with Gasteiger partial charge in [-0.2, -0.15) is 12.1 Å². The summed E-state index contributed by atoms with van der Waals surface area (Å²) in [6.07, 6.45) is 8.04. The van der Waals surface area contributed by atoms with Crippen LogP contribution in [0.2, 0.25) is 0 Å². The largest absolute Gasteiger partial charge is 0.510 e. The van der Waals surface area contributed by atoms with Crippen LogP contribution in [0.5, 0.6) is 11.5 Å². The van der Waals surface area contributed by atoms with Crippen LogP contribution in [0.1, 0.15) is 153 Å². The maximum absolute atomic E-state index is 7.09. The number of ether oxygens (including phenoxy) is 1. The Kier molecular flexibility index (Phi) is 14.6. The zero-order chi connectivity index (χ0) is 53.2. The molecule has 0 spiro atoms. The number of para-hydroxylation sites is 1. The van der Waals surface area contributed by atoms with Gasteiger partial charge in [0.05, 0.1) is 11.4 Å². The number of nitrogens with zero attached hydrogens (tertiary/aromatic N) is 4. The molecule has 0 radical (unpaired) electrons. The number of imidazole rings is 1. The van der Waals surface area contributed by atoms with E-state index in [1.54, 1.807) is 0 Å². The summed E-state index contributed by atoms with van der Waals surface area (Å²) in [6, 6.07) is 64.4. The minimum atomic E-state index is -0.249. The van der Waals surface area contributed by atoms with E-state index in [1.807, 2.05) is 12.3 Å². The Labute approximate surface area is 466 Å². The van der Waals surface area contributed by atoms with Crippen molar-refractivity contribution in [1.82, 2.24) is 14.1 Å². The first-order valence-corrected chi connectivity index (χ1v) is 26.8. The van der Waals surface area contributed by atoms with Crippen LogP contribution >= 0.6 is 0 Å². The number of benzene rings is 7. The summed E-state index contributed by atoms with van der Waals surface area (Å²) >= 11 is 0. The third-order valence-corrected chi connectivity index (χ3v) is 15.4. The fraction of sp³-hybridized carbons (Fsp3) is 0.286. The van der Waals surface area contributed by atoms with Gasteiger partial charge in [0.25, 0.3) is 6.33 Å². The average Bonchev–Trinajstić information content (AvgIpc) is 4.02. The number of pyridine rings is 1. The quantitative estimate of drug-likeness (QED) is 0.0903. The smallest absolute Gasteiger partial charge is 0.267 e. The molecular formula is C70H72N4OPt-2. The Morgan fingerprint density at radius 3 is 1.75 bits per heavy atom. The summed E-state index contributed by atoms with van der Waals surface area (Å²) in [5, 5.41) is 2.20. The number of fused-ring (bicyclic) bond motifs is 3. The van der Waals surface area contributed by atoms with E-state index in [-0.39, 0.29) is 54.6 Å². The fourth-order valence-electron chi connectivity index (χ4n) is 10.8. The first kappa shape index (κ1) is 54.0. The summed E-state index contributed by atoms with van der Waals surface area (Å²) in [4.78, 5) is 5.02. The Morgan fingerprint density at radius 2 is 1.13 bits per heavy atom. The minimum absolute atomic E-state index is 0. The molecule has 0 N–H and O–H groups in total. The summed E-state index contributed by atoms with van der Waals surface area (Å²) in [7, 11) is 0. The van der Waals surface area contributed by atoms with Gasteiger partial charge in [-0.05, 0) is 109 Å². The van der Waals surface area contributed by atoms with E-state index in [0.29, 0.717) is 11.5 Å². The third-order valence-electron chi connectivity index (χ3n) is 15.4. The van der Waals surface area contributed by atoms with E-state index in [4.69, 9.17) is 9.72 Å². The monoisotopic (exact) mass is 1180 g/mol. The molecule has 5 nitrogen and oxygen atoms in total. The number of aromatic nitrogens is 4. The van der Waals surface area contributed by atoms with Crippen molar-refractivity contribution in [3.05, 3.63) is 233 Å². The van der Waals surface area contributed by atoms with E-state index < -0.39 is 0 Å². The molecule has 0 atom stereocenters. The van der Waals surface area contributed by atoms with Crippen molar-refractivity contribution in [1.29, 1.82) is 0 Å². The van der Waals surface area contributed by atoms with Gasteiger partial charge in [0, 0.05) is 61.3 Å². The zero-order valence-corrected chi connectivity index (χ0v) is 49.1. The van der Waals surface area contributed by atoms with E-state index in [2.05, 4.69) is 287 Å². The van der Waals surface area contributed by atoms with Crippen LogP contribution in [-0.4, -0.2) is 14.1 Å². The van der Waals surface area contributed by atoms with Gasteiger partial charge in [0.2, 0.25) is 0 Å². The fourth-order valence-corrected chi connectivity index (χ4v) is 10.8. The topological polar surface area (TPSA) is 35.9 Å². The van der Waals surface area contributed by atoms with Crippen LogP contribution in [0.3, 0.4) is 0 Å². The molecule has 0 unspecified atom stereocenters. The molecule has 390 valence electrons. The van der Waals surface area contributed by atoms with Crippen LogP contribution in [-0.2, 0) is 42.7 Å². The van der Waals surface area contributed by atoms with Gasteiger partial charge >= 0.3 is 0 Å². The van der Waals surface area contributed by atoms with Gasteiger partial charge in [0.1, 0.15) is 5.82 Å². The van der Waals surface area contributed by atoms with Gasteiger partial charge in [0.15, 0.2) is 0 Å². The SMILES string of the molecule is CC(C)c1cccc(C(C)C)c1-c1cc(Oc2[c-]c3c(cc2)c2ccccc2n3-c2cc(C(C)(C)c3ccccc3)ccn2)[c-]c(-n2[c-][n+](-c3cc(C(C)(C)C)cc(C(C)(C)c4ccccc4)c3)c(C(C)(C)C)c2)c1.[Pt]. The summed E-state index contributed by atoms with van der Waals surface area (Å²) in [5.74, 6) is 2.58. The Morgan fingerprint density at radius 1 is 0.526 bits per heavy atom. The normalized spacial score (nSPS) is 12.5. The Balaban J connectivity index is 0.00000706. The second kappa shape index (κ2) is 20.6. The molecule has 76 heavy (non-hydrogen) atoms. The summed E-state index contributed by atoms with van der Waals surface area (Å²) in [6.45, 7) is 32.1. The summed E-state index contributed by atoms with van der Waals surface area (Å²) < 4.78 is 13.7. The Bertz CT molecular complexity index is 3690. The standard InChI is InChI=1S/C70H72N4O.Pt/c1-46(2)58-29-23-30-59(47(3)4)66(58)48-36-54(72-44-64(68(8,9)10)73(45-72)55-39-52(67(5,6)7)38-53(40-55)70(13,14)50-26-19-16-20-27-50)42-57(37-48)75-56-32-33-61-60-28-21-22-31-62(60)74(63(61)43-56)65-41-51(34-35-71-65)69(11,12)49-24-17-15-18-25-49;/h15-41,44,46-47H,1-14H3;/q-2;. The zero-order valence-electron chi connectivity index (χ0n) is 46.8. The van der Waals surface area contributed by atoms with Gasteiger partial charge in [-0.15, -0.1) is 35.2 Å². The molecule has 0 aliphatic heterocycles. The van der Waals surface area contributed by atoms with Gasteiger partial charge in [-0.25, -0.2) is 4.98 Å². The van der Waals surface area contributed by atoms with Crippen molar-refractivity contribution in [2.24, 2.45) is 0 Å². The molecule has 0 saturated heterocycles. The van der Waals surface area contributed by atoms with E-state index in [0.717, 1.165) is 50.3 Å². The molecular weight excluding hydrogens is 1110 g/mol. The van der Waals surface area contributed by atoms with Gasteiger partial charge in [-0.3, -0.25) is 4.57 Å². The Hall–Kier alpha value is -6.81. The molecule has 7 aromatic carbocycles. The first-order valence-electron chi connectivity index (χ1n) is 26.8. The molecule has 0 aliphatic carbocycles. The molecule has 0 saturated carbocycles. The van der Waals surface area contributed by atoms with Crippen molar-refractivity contribution in [2.45, 2.75) is 130 Å². The van der Waals surface area contributed by atoms with Crippen molar-refractivity contribution < 1.29 is 30.4 Å². The number of hydrogen-bond acceptors (Lipinski definition) is 2. The molecule has 10 aromatic rings. The minimum Gasteiger partial charge on any atom is -0.510 e. The predicted octanol–water partition coefficient (Wildman–Crippen LogP) is 17.6. The van der Waals surface area contributed by atoms with E-state index >= 15 is 0 Å². The third kappa shape index (κ3) is 10.3. The molecule has 0 aliphatic rings. The van der Waals surface area contributed by atoms with Gasteiger partial charge < -0.3 is 13.9 Å². The maximum Gasteiger partial charge on any atom is 0.267 e. The molecule has 3 aromatic heterocycles. The van der Waals surface area contributed by atoms with Crippen molar-refractivity contribution >= 4 is 21.8 Å². The van der Waals surface area contributed by atoms with Crippen molar-refractivity contribution in [2.75, 3.05) is 0 Å². The van der Waals surface area contributed by atoms with Crippen LogP contribution < -0.4 is 9.30 Å². The van der Waals surface area contributed by atoms with Gasteiger partial charge in [-0.1, -0.05) is 206 Å². The molecule has 3 heterocycles. The summed E-state index contributed by atoms with van der Waals surface area (Å²) in [5.41, 5.74) is 15.3. The van der Waals surface area contributed by atoms with Crippen LogP contribution in [0.15, 0.2) is 170 Å². The molecule has 10 rings (SSSR count). The first-order chi connectivity index (χ1) is 35.6. The maximum atomic E-state index is 7.09. The van der Waals surface area contributed by atoms with E-state index in [9.17, 15) is 0 Å². The van der Waals surface area contributed by atoms with Crippen molar-refractivity contribution in [3.8, 4) is 39.8 Å². The number of hydrogen-bond donors (Lipinski definition) is 0. The molecule has 0 bridgehead atoms. The van der Waals surface area contributed by atoms with Crippen LogP contribution in [0.4, 0.5) is 0 Å². The molecule has 0 amide bonds. The van der Waals surface area contributed by atoms with Crippen molar-refractivity contribution in [3.63, 3.8) is 0 Å². The molecule has 0 fully saturated rings. The average molecular weight is 1180 g/mol. The van der Waals surface area contributed by atoms with Crippen LogP contribution in [0, 0.1) is 18.5 Å². The molecule has 6 heteroatoms. The van der Waals surface area contributed by atoms with E-state index in [1.165, 1.54) is 44.5 Å². The predicted molar refractivity (Wildman–Crippen MR) is 311 cm³/mol. The second-order valence-electron chi connectivity index (χ2n) is 24.3.